The molecule has 2 amide bonds. The number of nitrogens with one attached hydrogen (secondary N) is 1. The van der Waals surface area contributed by atoms with Gasteiger partial charge in [0.2, 0.25) is 5.91 Å². The van der Waals surface area contributed by atoms with Gasteiger partial charge >= 0.3 is 12.1 Å². The van der Waals surface area contributed by atoms with Crippen LogP contribution in [0.1, 0.15) is 63.0 Å². The zero-order chi connectivity index (χ0) is 25.2. The number of nitrogens with zero attached hydrogens (tertiary/aromatic N) is 1. The van der Waals surface area contributed by atoms with E-state index in [0.29, 0.717) is 38.9 Å². The van der Waals surface area contributed by atoms with E-state index >= 15 is 0 Å². The van der Waals surface area contributed by atoms with Crippen LogP contribution in [0.25, 0.3) is 11.1 Å². The smallest absolute Gasteiger partial charge is 0.407 e. The van der Waals surface area contributed by atoms with Gasteiger partial charge in [0.05, 0.1) is 0 Å². The summed E-state index contributed by atoms with van der Waals surface area (Å²) >= 11 is 0. The molecule has 0 fully saturated rings. The van der Waals surface area contributed by atoms with Crippen molar-refractivity contribution in [2.24, 2.45) is 5.92 Å². The average Bonchev–Trinajstić information content (AvgIpc) is 3.18. The van der Waals surface area contributed by atoms with Gasteiger partial charge in [-0.2, -0.15) is 0 Å². The first-order valence-electron chi connectivity index (χ1n) is 12.5. The average molecular weight is 481 g/mol. The van der Waals surface area contributed by atoms with Crippen molar-refractivity contribution >= 4 is 18.0 Å². The molecule has 7 nitrogen and oxygen atoms in total. The number of aliphatic carboxylic acids is 1. The van der Waals surface area contributed by atoms with Gasteiger partial charge in [-0.3, -0.25) is 9.59 Å². The molecule has 0 saturated heterocycles. The van der Waals surface area contributed by atoms with E-state index < -0.39 is 12.1 Å². The van der Waals surface area contributed by atoms with Gasteiger partial charge in [0.1, 0.15) is 6.61 Å². The highest BCUT2D eigenvalue weighted by Crippen LogP contribution is 2.44. The highest BCUT2D eigenvalue weighted by Gasteiger charge is 2.29. The van der Waals surface area contributed by atoms with Crippen LogP contribution in [-0.4, -0.2) is 54.2 Å². The minimum absolute atomic E-state index is 0.0101. The first-order valence-corrected chi connectivity index (χ1v) is 12.5. The number of hydrogen-bond acceptors (Lipinski definition) is 4. The maximum atomic E-state index is 12.7. The molecule has 0 spiro atoms. The van der Waals surface area contributed by atoms with Crippen molar-refractivity contribution in [3.63, 3.8) is 0 Å². The number of fused-ring (bicyclic) bond motifs is 3. The molecule has 0 aromatic heterocycles. The Hall–Kier alpha value is -3.35. The second-order valence-corrected chi connectivity index (χ2v) is 9.01. The van der Waals surface area contributed by atoms with E-state index in [1.165, 1.54) is 22.3 Å². The molecule has 0 heterocycles. The van der Waals surface area contributed by atoms with Gasteiger partial charge in [-0.05, 0) is 47.9 Å². The third kappa shape index (κ3) is 7.07. The minimum atomic E-state index is -0.815. The van der Waals surface area contributed by atoms with Crippen LogP contribution in [0.5, 0.6) is 0 Å². The van der Waals surface area contributed by atoms with Crippen LogP contribution in [-0.2, 0) is 14.3 Å². The summed E-state index contributed by atoms with van der Waals surface area (Å²) in [6, 6.07) is 16.4. The number of carbonyl (C=O) groups is 3. The Kier molecular flexibility index (Phi) is 9.70. The fourth-order valence-corrected chi connectivity index (χ4v) is 4.65. The lowest BCUT2D eigenvalue weighted by atomic mass is 9.98. The summed E-state index contributed by atoms with van der Waals surface area (Å²) in [5.41, 5.74) is 4.71. The third-order valence-electron chi connectivity index (χ3n) is 6.72. The predicted octanol–water partition coefficient (Wildman–Crippen LogP) is 5.04. The largest absolute Gasteiger partial charge is 0.481 e. The number of hydrogen-bond donors (Lipinski definition) is 2. The molecule has 1 aliphatic rings. The van der Waals surface area contributed by atoms with Crippen LogP contribution < -0.4 is 5.32 Å². The molecule has 2 N–H and O–H groups in total. The van der Waals surface area contributed by atoms with E-state index in [4.69, 9.17) is 9.84 Å². The Bertz CT molecular complexity index is 976. The Balaban J connectivity index is 1.46. The van der Waals surface area contributed by atoms with Crippen LogP contribution in [0.2, 0.25) is 0 Å². The van der Waals surface area contributed by atoms with E-state index in [-0.39, 0.29) is 30.8 Å². The fourth-order valence-electron chi connectivity index (χ4n) is 4.65. The lowest BCUT2D eigenvalue weighted by molar-refractivity contribution is -0.137. The summed E-state index contributed by atoms with van der Waals surface area (Å²) in [6.45, 7) is 5.69. The highest BCUT2D eigenvalue weighted by atomic mass is 16.5. The van der Waals surface area contributed by atoms with Crippen LogP contribution in [0, 0.1) is 5.92 Å². The lowest BCUT2D eigenvalue weighted by Gasteiger charge is -2.24. The lowest BCUT2D eigenvalue weighted by Crippen LogP contribution is -2.36. The molecular formula is C28H36N2O5. The summed E-state index contributed by atoms with van der Waals surface area (Å²) in [5, 5.41) is 11.6. The molecule has 0 bridgehead atoms. The first-order chi connectivity index (χ1) is 16.9. The standard InChI is InChI=1S/C28H36N2O5/c1-3-20(17-26(31)30(4-2)16-10-9-15-27(32)33)18-29-28(34)35-19-25-23-13-7-5-11-21(23)22-12-6-8-14-24(22)25/h5-8,11-14,20,25H,3-4,9-10,15-19H2,1-2H3,(H,29,34)(H,32,33). The summed E-state index contributed by atoms with van der Waals surface area (Å²) in [6.07, 6.45) is 1.96. The van der Waals surface area contributed by atoms with Crippen molar-refractivity contribution in [2.45, 2.75) is 51.9 Å². The van der Waals surface area contributed by atoms with Crippen molar-refractivity contribution in [3.05, 3.63) is 59.7 Å². The van der Waals surface area contributed by atoms with Crippen LogP contribution in [0.4, 0.5) is 4.79 Å². The molecule has 7 heteroatoms. The molecule has 1 atom stereocenters. The molecule has 0 radical (unpaired) electrons. The Morgan fingerprint density at radius 3 is 2.20 bits per heavy atom. The number of carboxylic acid groups (broad SMARTS) is 1. The molecule has 35 heavy (non-hydrogen) atoms. The topological polar surface area (TPSA) is 95.9 Å². The molecule has 1 aliphatic carbocycles. The van der Waals surface area contributed by atoms with Gasteiger partial charge in [-0.25, -0.2) is 4.79 Å². The van der Waals surface area contributed by atoms with Gasteiger partial charge in [0, 0.05) is 38.4 Å². The van der Waals surface area contributed by atoms with Crippen molar-refractivity contribution in [2.75, 3.05) is 26.2 Å². The predicted molar refractivity (Wildman–Crippen MR) is 135 cm³/mol. The van der Waals surface area contributed by atoms with Crippen molar-refractivity contribution in [3.8, 4) is 11.1 Å². The number of rotatable bonds is 13. The maximum absolute atomic E-state index is 12.7. The monoisotopic (exact) mass is 480 g/mol. The van der Waals surface area contributed by atoms with E-state index in [1.807, 2.05) is 38.1 Å². The van der Waals surface area contributed by atoms with E-state index in [2.05, 4.69) is 29.6 Å². The second kappa shape index (κ2) is 12.9. The SMILES string of the molecule is CCC(CNC(=O)OCC1c2ccccc2-c2ccccc21)CC(=O)N(CC)CCCCC(=O)O. The first kappa shape index (κ1) is 26.3. The highest BCUT2D eigenvalue weighted by molar-refractivity contribution is 5.79. The van der Waals surface area contributed by atoms with E-state index in [1.54, 1.807) is 4.90 Å². The molecule has 2 aromatic carbocycles. The third-order valence-corrected chi connectivity index (χ3v) is 6.72. The van der Waals surface area contributed by atoms with Crippen molar-refractivity contribution < 1.29 is 24.2 Å². The van der Waals surface area contributed by atoms with Gasteiger partial charge in [-0.1, -0.05) is 61.9 Å². The van der Waals surface area contributed by atoms with E-state index in [0.717, 1.165) is 6.42 Å². The number of carbonyl (C=O) groups excluding carboxylic acids is 2. The van der Waals surface area contributed by atoms with Gasteiger partial charge in [0.15, 0.2) is 0 Å². The van der Waals surface area contributed by atoms with Crippen molar-refractivity contribution in [1.29, 1.82) is 0 Å². The fraction of sp³-hybridized carbons (Fsp3) is 0.464. The second-order valence-electron chi connectivity index (χ2n) is 9.01. The van der Waals surface area contributed by atoms with Crippen LogP contribution in [0.3, 0.4) is 0 Å². The van der Waals surface area contributed by atoms with E-state index in [9.17, 15) is 14.4 Å². The van der Waals surface area contributed by atoms with Gasteiger partial charge in [-0.15, -0.1) is 0 Å². The van der Waals surface area contributed by atoms with Gasteiger partial charge in [0.25, 0.3) is 0 Å². The molecule has 188 valence electrons. The van der Waals surface area contributed by atoms with Crippen molar-refractivity contribution in [1.82, 2.24) is 10.2 Å². The number of carboxylic acids is 1. The molecule has 1 unspecified atom stereocenters. The zero-order valence-electron chi connectivity index (χ0n) is 20.7. The molecule has 0 aliphatic heterocycles. The molecular weight excluding hydrogens is 444 g/mol. The summed E-state index contributed by atoms with van der Waals surface area (Å²) in [7, 11) is 0. The summed E-state index contributed by atoms with van der Waals surface area (Å²) in [5.74, 6) is -0.763. The maximum Gasteiger partial charge on any atom is 0.407 e. The molecule has 3 rings (SSSR count). The number of amides is 2. The van der Waals surface area contributed by atoms with Crippen LogP contribution in [0.15, 0.2) is 48.5 Å². The number of alkyl carbamates (subject to hydrolysis) is 1. The number of benzene rings is 2. The number of ether oxygens (including phenoxy) is 1. The quantitative estimate of drug-likeness (QED) is 0.391. The van der Waals surface area contributed by atoms with Crippen LogP contribution >= 0.6 is 0 Å². The Labute approximate surface area is 207 Å². The van der Waals surface area contributed by atoms with Gasteiger partial charge < -0.3 is 20.1 Å². The minimum Gasteiger partial charge on any atom is -0.481 e. The zero-order valence-corrected chi connectivity index (χ0v) is 20.7. The number of unbranched alkanes of at least 4 members (excludes halogenated alkanes) is 1. The molecule has 0 saturated carbocycles. The summed E-state index contributed by atoms with van der Waals surface area (Å²) in [4.78, 5) is 37.6. The molecule has 2 aromatic rings. The normalized spacial score (nSPS) is 13.0. The summed E-state index contributed by atoms with van der Waals surface area (Å²) < 4.78 is 5.60. The Morgan fingerprint density at radius 1 is 1.00 bits per heavy atom. The Morgan fingerprint density at radius 2 is 1.63 bits per heavy atom.